The molecule has 3 fully saturated rings. The van der Waals surface area contributed by atoms with Gasteiger partial charge < -0.3 is 4.90 Å². The summed E-state index contributed by atoms with van der Waals surface area (Å²) in [5.41, 5.74) is 0. The molecule has 0 aromatic rings. The molecule has 1 aliphatic heterocycles. The van der Waals surface area contributed by atoms with Gasteiger partial charge in [0.1, 0.15) is 0 Å². The molecule has 2 nitrogen and oxygen atoms in total. The van der Waals surface area contributed by atoms with Crippen molar-refractivity contribution >= 4 is 5.91 Å². The molecule has 0 aromatic heterocycles. The number of rotatable bonds is 0. The minimum atomic E-state index is 0.292. The van der Waals surface area contributed by atoms with Crippen LogP contribution in [-0.4, -0.2) is 24.4 Å². The van der Waals surface area contributed by atoms with Crippen LogP contribution in [-0.2, 0) is 4.79 Å². The highest BCUT2D eigenvalue weighted by Gasteiger charge is 2.26. The normalized spacial score (nSPS) is 32.8. The molecule has 17 heavy (non-hydrogen) atoms. The van der Waals surface area contributed by atoms with E-state index in [0.29, 0.717) is 5.91 Å². The highest BCUT2D eigenvalue weighted by atomic mass is 16.2. The van der Waals surface area contributed by atoms with Crippen LogP contribution in [0.3, 0.4) is 0 Å². The summed E-state index contributed by atoms with van der Waals surface area (Å²) in [5, 5.41) is 0. The van der Waals surface area contributed by atoms with Crippen LogP contribution in [0.15, 0.2) is 0 Å². The zero-order chi connectivity index (χ0) is 12.1. The van der Waals surface area contributed by atoms with Crippen LogP contribution in [0.4, 0.5) is 0 Å². The van der Waals surface area contributed by atoms with E-state index in [2.05, 4.69) is 0 Å². The molecule has 2 heteroatoms. The van der Waals surface area contributed by atoms with Gasteiger partial charge in [0, 0.05) is 20.0 Å². The molecule has 0 unspecified atom stereocenters. The number of hydrogen-bond donors (Lipinski definition) is 0. The van der Waals surface area contributed by atoms with Crippen LogP contribution < -0.4 is 0 Å². The number of hydrogen-bond acceptors (Lipinski definition) is 1. The van der Waals surface area contributed by atoms with Crippen LogP contribution >= 0.6 is 0 Å². The molecular formula is C15H27NO. The van der Waals surface area contributed by atoms with Crippen LogP contribution in [0.5, 0.6) is 0 Å². The third kappa shape index (κ3) is 3.72. The highest BCUT2D eigenvalue weighted by Crippen LogP contribution is 2.39. The van der Waals surface area contributed by atoms with Crippen LogP contribution in [0, 0.1) is 11.8 Å². The Kier molecular flexibility index (Phi) is 4.87. The molecule has 0 spiro atoms. The molecule has 2 saturated carbocycles. The predicted octanol–water partition coefficient (Wildman–Crippen LogP) is 3.61. The quantitative estimate of drug-likeness (QED) is 0.630. The average Bonchev–Trinajstić information content (AvgIpc) is 2.75. The molecule has 0 aromatic carbocycles. The van der Waals surface area contributed by atoms with Crippen molar-refractivity contribution in [1.29, 1.82) is 0 Å². The number of likely N-dealkylation sites (tertiary alicyclic amines) is 1. The van der Waals surface area contributed by atoms with E-state index in [4.69, 9.17) is 0 Å². The summed E-state index contributed by atoms with van der Waals surface area (Å²) in [4.78, 5) is 12.3. The summed E-state index contributed by atoms with van der Waals surface area (Å²) in [7, 11) is 1.84. The summed E-state index contributed by atoms with van der Waals surface area (Å²) in [6.07, 6.45) is 14.2. The number of fused-ring (bicyclic) bond motifs is 1. The van der Waals surface area contributed by atoms with Crippen molar-refractivity contribution in [3.63, 3.8) is 0 Å². The molecule has 3 aliphatic rings. The maximum Gasteiger partial charge on any atom is 0.222 e. The van der Waals surface area contributed by atoms with E-state index in [9.17, 15) is 4.79 Å². The Morgan fingerprint density at radius 1 is 0.882 bits per heavy atom. The van der Waals surface area contributed by atoms with Crippen molar-refractivity contribution in [3.8, 4) is 0 Å². The predicted molar refractivity (Wildman–Crippen MR) is 70.8 cm³/mol. The number of amides is 1. The van der Waals surface area contributed by atoms with E-state index in [-0.39, 0.29) is 0 Å². The largest absolute Gasteiger partial charge is 0.346 e. The van der Waals surface area contributed by atoms with E-state index in [1.165, 1.54) is 25.7 Å². The molecule has 1 heterocycles. The SMILES string of the molecule is C1CCC2CCCCC2C1.CN1CCCC1=O. The molecule has 0 atom stereocenters. The van der Waals surface area contributed by atoms with Gasteiger partial charge in [-0.25, -0.2) is 0 Å². The highest BCUT2D eigenvalue weighted by molar-refractivity contribution is 5.77. The fourth-order valence-corrected chi connectivity index (χ4v) is 3.64. The van der Waals surface area contributed by atoms with Crippen molar-refractivity contribution in [3.05, 3.63) is 0 Å². The Labute approximate surface area is 106 Å². The zero-order valence-corrected chi connectivity index (χ0v) is 11.3. The van der Waals surface area contributed by atoms with Gasteiger partial charge in [0.05, 0.1) is 0 Å². The second kappa shape index (κ2) is 6.42. The van der Waals surface area contributed by atoms with Crippen molar-refractivity contribution in [2.24, 2.45) is 11.8 Å². The number of nitrogens with zero attached hydrogens (tertiary/aromatic N) is 1. The lowest BCUT2D eigenvalue weighted by Gasteiger charge is -2.35. The van der Waals surface area contributed by atoms with E-state index < -0.39 is 0 Å². The third-order valence-electron chi connectivity index (χ3n) is 4.78. The van der Waals surface area contributed by atoms with E-state index in [1.807, 2.05) is 7.05 Å². The molecule has 98 valence electrons. The summed E-state index contributed by atoms with van der Waals surface area (Å²) >= 11 is 0. The van der Waals surface area contributed by atoms with Crippen molar-refractivity contribution in [1.82, 2.24) is 4.90 Å². The molecule has 3 rings (SSSR count). The van der Waals surface area contributed by atoms with Crippen molar-refractivity contribution in [2.45, 2.75) is 64.2 Å². The average molecular weight is 237 g/mol. The van der Waals surface area contributed by atoms with Crippen molar-refractivity contribution < 1.29 is 4.79 Å². The lowest BCUT2D eigenvalue weighted by molar-refractivity contribution is -0.126. The second-order valence-electron chi connectivity index (χ2n) is 6.01. The molecule has 0 radical (unpaired) electrons. The first-order valence-corrected chi connectivity index (χ1v) is 7.51. The monoisotopic (exact) mass is 237 g/mol. The molecule has 1 saturated heterocycles. The van der Waals surface area contributed by atoms with E-state index in [0.717, 1.165) is 31.2 Å². The van der Waals surface area contributed by atoms with Gasteiger partial charge in [-0.2, -0.15) is 0 Å². The second-order valence-corrected chi connectivity index (χ2v) is 6.01. The van der Waals surface area contributed by atoms with Crippen LogP contribution in [0.1, 0.15) is 64.2 Å². The Balaban J connectivity index is 0.000000136. The minimum Gasteiger partial charge on any atom is -0.346 e. The van der Waals surface area contributed by atoms with Gasteiger partial charge in [0.2, 0.25) is 5.91 Å². The zero-order valence-electron chi connectivity index (χ0n) is 11.3. The first-order valence-electron chi connectivity index (χ1n) is 7.51. The Hall–Kier alpha value is -0.530. The van der Waals surface area contributed by atoms with Gasteiger partial charge in [-0.3, -0.25) is 4.79 Å². The topological polar surface area (TPSA) is 20.3 Å². The minimum absolute atomic E-state index is 0.292. The van der Waals surface area contributed by atoms with E-state index >= 15 is 0 Å². The van der Waals surface area contributed by atoms with Gasteiger partial charge in [-0.1, -0.05) is 51.4 Å². The summed E-state index contributed by atoms with van der Waals surface area (Å²) in [6, 6.07) is 0. The number of carbonyl (C=O) groups is 1. The Bertz CT molecular complexity index is 225. The number of carbonyl (C=O) groups excluding carboxylic acids is 1. The molecular weight excluding hydrogens is 210 g/mol. The van der Waals surface area contributed by atoms with E-state index in [1.54, 1.807) is 30.6 Å². The molecule has 1 amide bonds. The Morgan fingerprint density at radius 3 is 1.59 bits per heavy atom. The lowest BCUT2D eigenvalue weighted by atomic mass is 9.71. The fourth-order valence-electron chi connectivity index (χ4n) is 3.64. The molecule has 2 aliphatic carbocycles. The third-order valence-corrected chi connectivity index (χ3v) is 4.78. The van der Waals surface area contributed by atoms with Gasteiger partial charge >= 0.3 is 0 Å². The summed E-state index contributed by atoms with van der Waals surface area (Å²) in [6.45, 7) is 0.957. The van der Waals surface area contributed by atoms with Crippen LogP contribution in [0.25, 0.3) is 0 Å². The van der Waals surface area contributed by atoms with Crippen LogP contribution in [0.2, 0.25) is 0 Å². The van der Waals surface area contributed by atoms with Crippen molar-refractivity contribution in [2.75, 3.05) is 13.6 Å². The first-order chi connectivity index (χ1) is 8.27. The van der Waals surface area contributed by atoms with Gasteiger partial charge in [-0.05, 0) is 18.3 Å². The Morgan fingerprint density at radius 2 is 1.35 bits per heavy atom. The smallest absolute Gasteiger partial charge is 0.222 e. The summed E-state index contributed by atoms with van der Waals surface area (Å²) in [5.74, 6) is 2.60. The lowest BCUT2D eigenvalue weighted by Crippen LogP contribution is -2.22. The maximum atomic E-state index is 10.5. The van der Waals surface area contributed by atoms with Gasteiger partial charge in [0.25, 0.3) is 0 Å². The first kappa shape index (κ1) is 12.9. The van der Waals surface area contributed by atoms with Gasteiger partial charge in [-0.15, -0.1) is 0 Å². The molecule has 0 N–H and O–H groups in total. The molecule has 0 bridgehead atoms. The summed E-state index contributed by atoms with van der Waals surface area (Å²) < 4.78 is 0. The fraction of sp³-hybridized carbons (Fsp3) is 0.933. The van der Waals surface area contributed by atoms with Gasteiger partial charge in [0.15, 0.2) is 0 Å². The maximum absolute atomic E-state index is 10.5. The standard InChI is InChI=1S/C10H18.C5H9NO/c1-2-6-10-8-4-3-7-9(10)5-1;1-6-4-2-3-5(6)7/h9-10H,1-8H2;2-4H2,1H3.